The van der Waals surface area contributed by atoms with Crippen LogP contribution in [0.2, 0.25) is 0 Å². The molecule has 0 atom stereocenters. The maximum absolute atomic E-state index is 12.5. The van der Waals surface area contributed by atoms with E-state index in [1.165, 1.54) is 17.2 Å². The fourth-order valence-electron chi connectivity index (χ4n) is 3.47. The van der Waals surface area contributed by atoms with Crippen molar-refractivity contribution in [2.24, 2.45) is 0 Å². The molecule has 0 radical (unpaired) electrons. The summed E-state index contributed by atoms with van der Waals surface area (Å²) in [6.45, 7) is 0. The highest BCUT2D eigenvalue weighted by molar-refractivity contribution is 7.95. The quantitative estimate of drug-likeness (QED) is 0.601. The Morgan fingerprint density at radius 2 is 1.53 bits per heavy atom. The van der Waals surface area contributed by atoms with Crippen LogP contribution < -0.4 is 10.0 Å². The molecule has 1 aliphatic rings. The third kappa shape index (κ3) is 4.96. The monoisotopic (exact) mass is 418 g/mol. The first-order valence-corrected chi connectivity index (χ1v) is 11.3. The molecule has 0 aliphatic heterocycles. The van der Waals surface area contributed by atoms with Crippen LogP contribution in [0, 0.1) is 0 Å². The topological polar surface area (TPSA) is 75.3 Å². The molecule has 0 saturated heterocycles. The Bertz CT molecular complexity index is 1180. The number of sulfonamides is 1. The van der Waals surface area contributed by atoms with E-state index in [-0.39, 0.29) is 5.91 Å². The number of amides is 1. The number of anilines is 2. The average molecular weight is 419 g/mol. The van der Waals surface area contributed by atoms with Crippen LogP contribution in [0.25, 0.3) is 6.08 Å². The van der Waals surface area contributed by atoms with Gasteiger partial charge in [-0.25, -0.2) is 8.42 Å². The molecular weight excluding hydrogens is 396 g/mol. The van der Waals surface area contributed by atoms with Gasteiger partial charge in [-0.3, -0.25) is 9.52 Å². The number of rotatable bonds is 6. The summed E-state index contributed by atoms with van der Waals surface area (Å²) in [6.07, 6.45) is 4.83. The van der Waals surface area contributed by atoms with Crippen LogP contribution in [0.15, 0.2) is 78.2 Å². The van der Waals surface area contributed by atoms with Crippen LogP contribution >= 0.6 is 0 Å². The van der Waals surface area contributed by atoms with E-state index in [0.29, 0.717) is 11.3 Å². The first-order chi connectivity index (χ1) is 14.5. The van der Waals surface area contributed by atoms with Crippen LogP contribution in [-0.2, 0) is 22.9 Å². The van der Waals surface area contributed by atoms with Gasteiger partial charge in [-0.05, 0) is 78.4 Å². The molecule has 30 heavy (non-hydrogen) atoms. The van der Waals surface area contributed by atoms with Crippen molar-refractivity contribution in [3.05, 3.63) is 100 Å². The minimum absolute atomic E-state index is 0.230. The third-order valence-corrected chi connectivity index (χ3v) is 6.02. The van der Waals surface area contributed by atoms with E-state index in [1.807, 2.05) is 42.5 Å². The second-order valence-electron chi connectivity index (χ2n) is 7.23. The highest BCUT2D eigenvalue weighted by Crippen LogP contribution is 2.25. The minimum Gasteiger partial charge on any atom is -0.322 e. The SMILES string of the molecule is O=C(Nc1ccc2c(c1)CCC2)c1ccc(NS(=O)(=O)/C=C/c2ccccc2)cc1. The highest BCUT2D eigenvalue weighted by Gasteiger charge is 2.13. The van der Waals surface area contributed by atoms with Gasteiger partial charge in [0.1, 0.15) is 0 Å². The molecule has 5 nitrogen and oxygen atoms in total. The van der Waals surface area contributed by atoms with E-state index < -0.39 is 10.0 Å². The summed E-state index contributed by atoms with van der Waals surface area (Å²) in [6, 6.07) is 21.6. The summed E-state index contributed by atoms with van der Waals surface area (Å²) in [5.41, 5.74) is 5.06. The summed E-state index contributed by atoms with van der Waals surface area (Å²) in [5.74, 6) is -0.230. The zero-order valence-electron chi connectivity index (χ0n) is 16.3. The van der Waals surface area contributed by atoms with E-state index in [1.54, 1.807) is 24.3 Å². The van der Waals surface area contributed by atoms with E-state index in [2.05, 4.69) is 16.1 Å². The highest BCUT2D eigenvalue weighted by atomic mass is 32.2. The van der Waals surface area contributed by atoms with E-state index >= 15 is 0 Å². The van der Waals surface area contributed by atoms with E-state index in [4.69, 9.17) is 0 Å². The standard InChI is InChI=1S/C24H22N2O3S/c27-24(25-23-14-9-19-7-4-8-21(19)17-23)20-10-12-22(13-11-20)26-30(28,29)16-15-18-5-2-1-3-6-18/h1-3,5-6,9-17,26H,4,7-8H2,(H,25,27)/b16-15+. The van der Waals surface area contributed by atoms with Crippen molar-refractivity contribution in [2.75, 3.05) is 10.0 Å². The zero-order valence-corrected chi connectivity index (χ0v) is 17.2. The lowest BCUT2D eigenvalue weighted by atomic mass is 10.1. The van der Waals surface area contributed by atoms with Gasteiger partial charge in [-0.1, -0.05) is 36.4 Å². The summed E-state index contributed by atoms with van der Waals surface area (Å²) >= 11 is 0. The number of carbonyl (C=O) groups excluding carboxylic acids is 1. The number of aryl methyl sites for hydroxylation is 2. The fourth-order valence-corrected chi connectivity index (χ4v) is 4.34. The van der Waals surface area contributed by atoms with Gasteiger partial charge < -0.3 is 5.32 Å². The number of benzene rings is 3. The molecule has 0 heterocycles. The normalized spacial score (nSPS) is 13.2. The number of carbonyl (C=O) groups is 1. The summed E-state index contributed by atoms with van der Waals surface area (Å²) in [7, 11) is -3.65. The molecule has 2 N–H and O–H groups in total. The molecule has 3 aromatic carbocycles. The number of nitrogens with one attached hydrogen (secondary N) is 2. The molecule has 0 spiro atoms. The summed E-state index contributed by atoms with van der Waals surface area (Å²) < 4.78 is 27.0. The average Bonchev–Trinajstić information content (AvgIpc) is 3.21. The van der Waals surface area contributed by atoms with Crippen molar-refractivity contribution in [2.45, 2.75) is 19.3 Å². The smallest absolute Gasteiger partial charge is 0.255 e. The van der Waals surface area contributed by atoms with Gasteiger partial charge in [-0.2, -0.15) is 0 Å². The molecule has 1 aliphatic carbocycles. The van der Waals surface area contributed by atoms with Crippen LogP contribution in [0.1, 0.15) is 33.5 Å². The maximum Gasteiger partial charge on any atom is 0.255 e. The predicted molar refractivity (Wildman–Crippen MR) is 121 cm³/mol. The van der Waals surface area contributed by atoms with Gasteiger partial charge in [-0.15, -0.1) is 0 Å². The second kappa shape index (κ2) is 8.55. The Labute approximate surface area is 176 Å². The van der Waals surface area contributed by atoms with Gasteiger partial charge in [0.2, 0.25) is 0 Å². The van der Waals surface area contributed by atoms with Crippen molar-refractivity contribution in [1.82, 2.24) is 0 Å². The lowest BCUT2D eigenvalue weighted by Gasteiger charge is -2.09. The molecule has 1 amide bonds. The number of hydrogen-bond acceptors (Lipinski definition) is 3. The molecule has 0 fully saturated rings. The maximum atomic E-state index is 12.5. The van der Waals surface area contributed by atoms with Gasteiger partial charge in [0, 0.05) is 16.9 Å². The Kier molecular flexibility index (Phi) is 5.68. The Balaban J connectivity index is 1.39. The van der Waals surface area contributed by atoms with Gasteiger partial charge in [0.05, 0.1) is 5.41 Å². The van der Waals surface area contributed by atoms with Gasteiger partial charge in [0.15, 0.2) is 0 Å². The molecule has 6 heteroatoms. The Hall–Kier alpha value is -3.38. The first-order valence-electron chi connectivity index (χ1n) is 9.78. The Morgan fingerprint density at radius 1 is 0.833 bits per heavy atom. The van der Waals surface area contributed by atoms with Gasteiger partial charge >= 0.3 is 0 Å². The first kappa shape index (κ1) is 19.9. The third-order valence-electron chi connectivity index (χ3n) is 5.00. The molecule has 0 aromatic heterocycles. The molecule has 0 bridgehead atoms. The largest absolute Gasteiger partial charge is 0.322 e. The van der Waals surface area contributed by atoms with E-state index in [9.17, 15) is 13.2 Å². The summed E-state index contributed by atoms with van der Waals surface area (Å²) in [4.78, 5) is 12.5. The lowest BCUT2D eigenvalue weighted by molar-refractivity contribution is 0.102. The number of hydrogen-bond donors (Lipinski definition) is 2. The lowest BCUT2D eigenvalue weighted by Crippen LogP contribution is -2.13. The minimum atomic E-state index is -3.65. The molecule has 4 rings (SSSR count). The van der Waals surface area contributed by atoms with Crippen molar-refractivity contribution < 1.29 is 13.2 Å². The van der Waals surface area contributed by atoms with E-state index in [0.717, 1.165) is 35.9 Å². The Morgan fingerprint density at radius 3 is 2.30 bits per heavy atom. The predicted octanol–water partition coefficient (Wildman–Crippen LogP) is 4.84. The zero-order chi connectivity index (χ0) is 21.0. The van der Waals surface area contributed by atoms with Crippen molar-refractivity contribution in [3.8, 4) is 0 Å². The van der Waals surface area contributed by atoms with Crippen LogP contribution in [-0.4, -0.2) is 14.3 Å². The van der Waals surface area contributed by atoms with Crippen LogP contribution in [0.3, 0.4) is 0 Å². The van der Waals surface area contributed by atoms with Crippen LogP contribution in [0.5, 0.6) is 0 Å². The van der Waals surface area contributed by atoms with Gasteiger partial charge in [0.25, 0.3) is 15.9 Å². The molecule has 0 unspecified atom stereocenters. The molecule has 152 valence electrons. The molecule has 0 saturated carbocycles. The van der Waals surface area contributed by atoms with Crippen molar-refractivity contribution in [3.63, 3.8) is 0 Å². The van der Waals surface area contributed by atoms with Crippen molar-refractivity contribution >= 4 is 33.4 Å². The number of fused-ring (bicyclic) bond motifs is 1. The molecular formula is C24H22N2O3S. The van der Waals surface area contributed by atoms with Crippen molar-refractivity contribution in [1.29, 1.82) is 0 Å². The molecule has 3 aromatic rings. The second-order valence-corrected chi connectivity index (χ2v) is 8.80. The fraction of sp³-hybridized carbons (Fsp3) is 0.125. The summed E-state index contributed by atoms with van der Waals surface area (Å²) in [5, 5.41) is 4.03. The van der Waals surface area contributed by atoms with Crippen LogP contribution in [0.4, 0.5) is 11.4 Å².